The van der Waals surface area contributed by atoms with Crippen LogP contribution in [0.25, 0.3) is 0 Å². The summed E-state index contributed by atoms with van der Waals surface area (Å²) in [5, 5.41) is 0. The van der Waals surface area contributed by atoms with Gasteiger partial charge in [0.1, 0.15) is 0 Å². The van der Waals surface area contributed by atoms with Crippen LogP contribution >= 0.6 is 0 Å². The van der Waals surface area contributed by atoms with Crippen molar-refractivity contribution in [2.24, 2.45) is 0 Å². The molecule has 0 amide bonds. The SMILES string of the molecule is C.C.C.C.C.C.[CH2-]C.[CH2-]C.[CH2-]CCCCC[CH2-].[Y].[Y]. The first-order valence-electron chi connectivity index (χ1n) is 4.41. The summed E-state index contributed by atoms with van der Waals surface area (Å²) in [4.78, 5) is 0. The molecular formula is C17H48Y2-4. The van der Waals surface area contributed by atoms with Crippen molar-refractivity contribution in [2.75, 3.05) is 0 Å². The quantitative estimate of drug-likeness (QED) is 0.312. The summed E-state index contributed by atoms with van der Waals surface area (Å²) in [6.45, 7) is 17.5. The average Bonchev–Trinajstić information content (AvgIpc) is 2.13. The molecule has 0 nitrogen and oxygen atoms in total. The topological polar surface area (TPSA) is 0 Å². The third-order valence-electron chi connectivity index (χ3n) is 1.000. The molecule has 0 bridgehead atoms. The Morgan fingerprint density at radius 3 is 0.737 bits per heavy atom. The van der Waals surface area contributed by atoms with Gasteiger partial charge in [0.2, 0.25) is 0 Å². The standard InChI is InChI=1S/C7H14.2C2H5.6CH4.2Y/c1-3-5-7-6-4-2;2*1-2;;;;;;;;/h1-7H2;2*1H2,2H3;6*1H4;;/q-2;2*-1;;;;;;;;. The van der Waals surface area contributed by atoms with Crippen LogP contribution in [0.15, 0.2) is 0 Å². The molecule has 0 N–H and O–H groups in total. The van der Waals surface area contributed by atoms with Gasteiger partial charge >= 0.3 is 0 Å². The molecule has 0 saturated carbocycles. The van der Waals surface area contributed by atoms with E-state index < -0.39 is 0 Å². The van der Waals surface area contributed by atoms with Crippen molar-refractivity contribution in [3.05, 3.63) is 27.7 Å². The molecule has 2 radical (unpaired) electrons. The largest absolute Gasteiger partial charge is 0.346 e. The van der Waals surface area contributed by atoms with Crippen molar-refractivity contribution < 1.29 is 65.4 Å². The molecule has 0 rings (SSSR count). The molecular weight excluding hydrogens is 382 g/mol. The monoisotopic (exact) mass is 430 g/mol. The van der Waals surface area contributed by atoms with Gasteiger partial charge in [0.25, 0.3) is 0 Å². The molecule has 0 aliphatic carbocycles. The van der Waals surface area contributed by atoms with Gasteiger partial charge in [-0.05, 0) is 0 Å². The first kappa shape index (κ1) is 83.1. The Balaban J connectivity index is -0.00000000549. The summed E-state index contributed by atoms with van der Waals surface area (Å²) < 4.78 is 0. The second-order valence-corrected chi connectivity index (χ2v) is 1.77. The van der Waals surface area contributed by atoms with Gasteiger partial charge in [-0.1, -0.05) is 63.8 Å². The fourth-order valence-corrected chi connectivity index (χ4v) is 0.530. The summed E-state index contributed by atoms with van der Waals surface area (Å²) in [6.07, 6.45) is 6.03. The maximum absolute atomic E-state index is 3.74. The zero-order valence-electron chi connectivity index (χ0n) is 9.52. The van der Waals surface area contributed by atoms with Crippen LogP contribution in [0.4, 0.5) is 0 Å². The van der Waals surface area contributed by atoms with Gasteiger partial charge in [0.15, 0.2) is 0 Å². The molecule has 0 aromatic carbocycles. The summed E-state index contributed by atoms with van der Waals surface area (Å²) in [5.74, 6) is 0. The van der Waals surface area contributed by atoms with Crippen LogP contribution in [0.1, 0.15) is 90.5 Å². The predicted molar refractivity (Wildman–Crippen MR) is 96.2 cm³/mol. The van der Waals surface area contributed by atoms with Gasteiger partial charge in [-0.3, -0.25) is 0 Å². The minimum atomic E-state index is 0. The number of hydrogen-bond donors (Lipinski definition) is 0. The van der Waals surface area contributed by atoms with E-state index in [9.17, 15) is 0 Å². The van der Waals surface area contributed by atoms with E-state index in [-0.39, 0.29) is 110 Å². The fraction of sp³-hybridized carbons (Fsp3) is 0.765. The van der Waals surface area contributed by atoms with Crippen LogP contribution in [0.5, 0.6) is 0 Å². The van der Waals surface area contributed by atoms with E-state index in [1.54, 1.807) is 13.8 Å². The maximum Gasteiger partial charge on any atom is 0 e. The minimum Gasteiger partial charge on any atom is -0.346 e. The van der Waals surface area contributed by atoms with Crippen LogP contribution in [-0.2, 0) is 65.4 Å². The van der Waals surface area contributed by atoms with Gasteiger partial charge < -0.3 is 27.7 Å². The van der Waals surface area contributed by atoms with E-state index in [1.807, 2.05) is 0 Å². The molecule has 0 spiro atoms. The minimum absolute atomic E-state index is 0. The van der Waals surface area contributed by atoms with Crippen LogP contribution in [0, 0.1) is 27.7 Å². The van der Waals surface area contributed by atoms with Gasteiger partial charge in [-0.25, -0.2) is 0 Å². The van der Waals surface area contributed by atoms with Gasteiger partial charge in [-0.2, -0.15) is 26.7 Å². The Kier molecular flexibility index (Phi) is 628. The summed E-state index contributed by atoms with van der Waals surface area (Å²) in [7, 11) is 0. The van der Waals surface area contributed by atoms with Crippen molar-refractivity contribution in [1.29, 1.82) is 0 Å². The van der Waals surface area contributed by atoms with Gasteiger partial charge in [0, 0.05) is 65.4 Å². The van der Waals surface area contributed by atoms with Gasteiger partial charge in [0.05, 0.1) is 0 Å². The molecule has 126 valence electrons. The number of rotatable bonds is 4. The van der Waals surface area contributed by atoms with Gasteiger partial charge in [-0.15, -0.1) is 0 Å². The zero-order valence-corrected chi connectivity index (χ0v) is 15.2. The molecule has 0 aromatic heterocycles. The molecule has 0 aliphatic rings. The second kappa shape index (κ2) is 144. The second-order valence-electron chi connectivity index (χ2n) is 1.77. The van der Waals surface area contributed by atoms with Crippen LogP contribution in [0.2, 0.25) is 0 Å². The Morgan fingerprint density at radius 2 is 0.632 bits per heavy atom. The van der Waals surface area contributed by atoms with E-state index >= 15 is 0 Å². The zero-order chi connectivity index (χ0) is 9.54. The van der Waals surface area contributed by atoms with E-state index in [2.05, 4.69) is 27.7 Å². The smallest absolute Gasteiger partial charge is 0 e. The fourth-order valence-electron chi connectivity index (χ4n) is 0.530. The summed E-state index contributed by atoms with van der Waals surface area (Å²) in [5.41, 5.74) is 0. The predicted octanol–water partition coefficient (Wildman–Crippen LogP) is 8.10. The van der Waals surface area contributed by atoms with E-state index in [0.717, 1.165) is 12.8 Å². The molecule has 19 heavy (non-hydrogen) atoms. The van der Waals surface area contributed by atoms with E-state index in [4.69, 9.17) is 0 Å². The average molecular weight is 430 g/mol. The van der Waals surface area contributed by atoms with Crippen LogP contribution in [-0.4, -0.2) is 0 Å². The summed E-state index contributed by atoms with van der Waals surface area (Å²) >= 11 is 0. The Morgan fingerprint density at radius 1 is 0.474 bits per heavy atom. The van der Waals surface area contributed by atoms with E-state index in [0.29, 0.717) is 0 Å². The van der Waals surface area contributed by atoms with Crippen molar-refractivity contribution in [2.45, 2.75) is 90.5 Å². The van der Waals surface area contributed by atoms with Crippen molar-refractivity contribution >= 4 is 0 Å². The van der Waals surface area contributed by atoms with Crippen molar-refractivity contribution in [1.82, 2.24) is 0 Å². The Hall–Kier alpha value is 2.21. The molecule has 0 atom stereocenters. The summed E-state index contributed by atoms with van der Waals surface area (Å²) in [6, 6.07) is 0. The van der Waals surface area contributed by atoms with E-state index in [1.165, 1.54) is 19.3 Å². The van der Waals surface area contributed by atoms with Crippen LogP contribution in [0.3, 0.4) is 0 Å². The molecule has 0 fully saturated rings. The molecule has 0 unspecified atom stereocenters. The molecule has 0 aliphatic heterocycles. The number of unbranched alkanes of at least 4 members (excludes halogenated alkanes) is 4. The third kappa shape index (κ3) is 174. The Labute approximate surface area is 181 Å². The number of hydrogen-bond acceptors (Lipinski definition) is 0. The Bertz CT molecular complexity index is 28.4. The molecule has 2 heteroatoms. The third-order valence-corrected chi connectivity index (χ3v) is 1.000. The van der Waals surface area contributed by atoms with Crippen molar-refractivity contribution in [3.8, 4) is 0 Å². The molecule has 0 aromatic rings. The first-order valence-corrected chi connectivity index (χ1v) is 4.41. The first-order chi connectivity index (χ1) is 5.41. The van der Waals surface area contributed by atoms with Crippen LogP contribution < -0.4 is 0 Å². The normalized spacial score (nSPS) is 4.11. The molecule has 0 saturated heterocycles. The molecule has 0 heterocycles. The maximum atomic E-state index is 3.74. The van der Waals surface area contributed by atoms with Crippen molar-refractivity contribution in [3.63, 3.8) is 0 Å².